The van der Waals surface area contributed by atoms with Gasteiger partial charge in [0, 0.05) is 50.7 Å². The van der Waals surface area contributed by atoms with Gasteiger partial charge in [-0.05, 0) is 6.42 Å². The van der Waals surface area contributed by atoms with Gasteiger partial charge in [0.1, 0.15) is 0 Å². The molecule has 3 amide bonds. The molecule has 0 radical (unpaired) electrons. The zero-order valence-electron chi connectivity index (χ0n) is 14.4. The minimum atomic E-state index is -3.61. The van der Waals surface area contributed by atoms with Crippen LogP contribution in [0.2, 0.25) is 0 Å². The fourth-order valence-corrected chi connectivity index (χ4v) is 5.52. The van der Waals surface area contributed by atoms with Gasteiger partial charge in [0.2, 0.25) is 27.7 Å². The molecule has 0 saturated carbocycles. The normalized spacial score (nSPS) is 18.7. The number of rotatable bonds is 5. The summed E-state index contributed by atoms with van der Waals surface area (Å²) >= 11 is 1.26. The number of sulfonamides is 1. The van der Waals surface area contributed by atoms with E-state index >= 15 is 0 Å². The number of likely N-dealkylation sites (tertiary alicyclic amines) is 1. The van der Waals surface area contributed by atoms with E-state index in [4.69, 9.17) is 0 Å². The van der Waals surface area contributed by atoms with Gasteiger partial charge in [-0.15, -0.1) is 11.3 Å². The Morgan fingerprint density at radius 3 is 2.58 bits per heavy atom. The van der Waals surface area contributed by atoms with Crippen molar-refractivity contribution >= 4 is 44.2 Å². The molecule has 0 atom stereocenters. The van der Waals surface area contributed by atoms with Crippen LogP contribution in [0.3, 0.4) is 0 Å². The third-order valence-electron chi connectivity index (χ3n) is 4.33. The second kappa shape index (κ2) is 7.41. The summed E-state index contributed by atoms with van der Waals surface area (Å²) in [6.45, 7) is 1.76. The third-order valence-corrected chi connectivity index (χ3v) is 7.12. The molecule has 1 saturated heterocycles. The maximum atomic E-state index is 12.6. The van der Waals surface area contributed by atoms with Gasteiger partial charge in [-0.25, -0.2) is 13.4 Å². The molecule has 1 N–H and O–H groups in total. The van der Waals surface area contributed by atoms with Crippen LogP contribution in [0.5, 0.6) is 0 Å². The second-order valence-electron chi connectivity index (χ2n) is 6.26. The van der Waals surface area contributed by atoms with Gasteiger partial charge >= 0.3 is 0 Å². The predicted octanol–water partition coefficient (Wildman–Crippen LogP) is 0.328. The molecule has 142 valence electrons. The number of carbonyl (C=O) groups is 3. The number of nitrogens with zero attached hydrogens (tertiary/aromatic N) is 3. The van der Waals surface area contributed by atoms with E-state index in [0.717, 1.165) is 15.5 Å². The van der Waals surface area contributed by atoms with E-state index in [-0.39, 0.29) is 49.4 Å². The molecule has 0 unspecified atom stereocenters. The van der Waals surface area contributed by atoms with E-state index in [1.807, 2.05) is 0 Å². The Labute approximate surface area is 155 Å². The monoisotopic (exact) mass is 400 g/mol. The highest BCUT2D eigenvalue weighted by molar-refractivity contribution is 7.89. The first kappa shape index (κ1) is 18.9. The van der Waals surface area contributed by atoms with Crippen molar-refractivity contribution < 1.29 is 22.8 Å². The van der Waals surface area contributed by atoms with Gasteiger partial charge in [-0.3, -0.25) is 19.3 Å². The Balaban J connectivity index is 1.65. The number of hydrogen-bond acceptors (Lipinski definition) is 7. The number of piperidine rings is 1. The van der Waals surface area contributed by atoms with Crippen LogP contribution in [-0.4, -0.2) is 59.2 Å². The number of carbonyl (C=O) groups excluding carboxylic acids is 3. The number of nitrogens with one attached hydrogen (secondary N) is 1. The summed E-state index contributed by atoms with van der Waals surface area (Å²) in [5.74, 6) is -1.12. The van der Waals surface area contributed by atoms with Gasteiger partial charge in [-0.1, -0.05) is 0 Å². The number of hydrogen-bond donors (Lipinski definition) is 1. The van der Waals surface area contributed by atoms with Crippen LogP contribution >= 0.6 is 11.3 Å². The van der Waals surface area contributed by atoms with Crippen molar-refractivity contribution in [2.24, 2.45) is 0 Å². The van der Waals surface area contributed by atoms with Gasteiger partial charge in [0.15, 0.2) is 5.13 Å². The molecule has 2 aliphatic heterocycles. The van der Waals surface area contributed by atoms with Crippen LogP contribution in [0.15, 0.2) is 0 Å². The summed E-state index contributed by atoms with van der Waals surface area (Å²) in [7, 11) is -3.61. The van der Waals surface area contributed by atoms with Crippen LogP contribution < -0.4 is 5.32 Å². The van der Waals surface area contributed by atoms with Crippen molar-refractivity contribution in [3.63, 3.8) is 0 Å². The van der Waals surface area contributed by atoms with Crippen LogP contribution in [0.1, 0.15) is 36.8 Å². The number of imide groups is 1. The quantitative estimate of drug-likeness (QED) is 0.712. The molecule has 0 aliphatic carbocycles. The Morgan fingerprint density at radius 2 is 1.92 bits per heavy atom. The first-order valence-corrected chi connectivity index (χ1v) is 10.8. The Bertz CT molecular complexity index is 832. The van der Waals surface area contributed by atoms with Crippen LogP contribution in [0.25, 0.3) is 0 Å². The summed E-state index contributed by atoms with van der Waals surface area (Å²) in [5.41, 5.74) is 0.798. The number of thiazole rings is 1. The van der Waals surface area contributed by atoms with Crippen molar-refractivity contribution in [1.29, 1.82) is 0 Å². The molecule has 3 heterocycles. The van der Waals surface area contributed by atoms with E-state index in [9.17, 15) is 22.8 Å². The number of amides is 3. The lowest BCUT2D eigenvalue weighted by atomic mass is 10.1. The molecular formula is C15H20N4O5S2. The Morgan fingerprint density at radius 1 is 1.23 bits per heavy atom. The molecule has 0 aromatic carbocycles. The maximum Gasteiger partial charge on any atom is 0.229 e. The van der Waals surface area contributed by atoms with Crippen LogP contribution in [0.4, 0.5) is 5.13 Å². The minimum Gasteiger partial charge on any atom is -0.302 e. The highest BCUT2D eigenvalue weighted by Gasteiger charge is 2.32. The molecular weight excluding hydrogens is 380 g/mol. The molecule has 2 aliphatic rings. The molecule has 26 heavy (non-hydrogen) atoms. The van der Waals surface area contributed by atoms with Crippen LogP contribution in [0, 0.1) is 0 Å². The number of aromatic nitrogens is 1. The average Bonchev–Trinajstić information content (AvgIpc) is 2.94. The van der Waals surface area contributed by atoms with Gasteiger partial charge in [0.05, 0.1) is 11.4 Å². The summed E-state index contributed by atoms with van der Waals surface area (Å²) in [6, 6.07) is 0. The molecule has 1 fully saturated rings. The first-order valence-electron chi connectivity index (χ1n) is 8.33. The maximum absolute atomic E-state index is 12.6. The van der Waals surface area contributed by atoms with E-state index in [0.29, 0.717) is 24.5 Å². The summed E-state index contributed by atoms with van der Waals surface area (Å²) in [5, 5.41) is 3.08. The van der Waals surface area contributed by atoms with E-state index in [1.54, 1.807) is 0 Å². The van der Waals surface area contributed by atoms with Gasteiger partial charge in [0.25, 0.3) is 0 Å². The average molecular weight is 400 g/mol. The third kappa shape index (κ3) is 4.10. The Hall–Kier alpha value is -1.85. The van der Waals surface area contributed by atoms with Crippen molar-refractivity contribution in [2.75, 3.05) is 24.2 Å². The standard InChI is InChI=1S/C15H20N4O5S2/c1-10(20)16-15-17-11-5-6-18(9-12(11)25-15)26(23,24)8-7-19-13(21)3-2-4-14(19)22/h2-9H2,1H3,(H,16,17,20). The molecule has 1 aromatic heterocycles. The lowest BCUT2D eigenvalue weighted by Gasteiger charge is -2.28. The highest BCUT2D eigenvalue weighted by atomic mass is 32.2. The smallest absolute Gasteiger partial charge is 0.229 e. The molecule has 0 bridgehead atoms. The zero-order valence-corrected chi connectivity index (χ0v) is 16.0. The number of anilines is 1. The lowest BCUT2D eigenvalue weighted by Crippen LogP contribution is -2.45. The lowest BCUT2D eigenvalue weighted by molar-refractivity contribution is -0.147. The first-order chi connectivity index (χ1) is 12.3. The van der Waals surface area contributed by atoms with Gasteiger partial charge in [-0.2, -0.15) is 4.31 Å². The molecule has 11 heteroatoms. The van der Waals surface area contributed by atoms with Crippen molar-refractivity contribution in [3.05, 3.63) is 10.6 Å². The van der Waals surface area contributed by atoms with E-state index in [2.05, 4.69) is 10.3 Å². The fourth-order valence-electron chi connectivity index (χ4n) is 3.00. The summed E-state index contributed by atoms with van der Waals surface area (Å²) in [4.78, 5) is 40.9. The predicted molar refractivity (Wildman–Crippen MR) is 94.9 cm³/mol. The van der Waals surface area contributed by atoms with Gasteiger partial charge < -0.3 is 5.32 Å². The fraction of sp³-hybridized carbons (Fsp3) is 0.600. The minimum absolute atomic E-state index is 0.108. The Kier molecular flexibility index (Phi) is 5.39. The second-order valence-corrected chi connectivity index (χ2v) is 9.43. The zero-order chi connectivity index (χ0) is 18.9. The van der Waals surface area contributed by atoms with Crippen molar-refractivity contribution in [3.8, 4) is 0 Å². The molecule has 1 aromatic rings. The van der Waals surface area contributed by atoms with E-state index < -0.39 is 10.0 Å². The van der Waals surface area contributed by atoms with Crippen molar-refractivity contribution in [2.45, 2.75) is 39.2 Å². The van der Waals surface area contributed by atoms with Crippen LogP contribution in [-0.2, 0) is 37.4 Å². The topological polar surface area (TPSA) is 117 Å². The summed E-state index contributed by atoms with van der Waals surface area (Å²) < 4.78 is 26.6. The molecule has 9 nitrogen and oxygen atoms in total. The largest absolute Gasteiger partial charge is 0.302 e. The molecule has 0 spiro atoms. The van der Waals surface area contributed by atoms with E-state index in [1.165, 1.54) is 22.6 Å². The summed E-state index contributed by atoms with van der Waals surface area (Å²) in [6.07, 6.45) is 1.56. The SMILES string of the molecule is CC(=O)Nc1nc2c(s1)CN(S(=O)(=O)CCN1C(=O)CCCC1=O)CC2. The van der Waals surface area contributed by atoms with Crippen molar-refractivity contribution in [1.82, 2.24) is 14.2 Å². The highest BCUT2D eigenvalue weighted by Crippen LogP contribution is 2.29. The number of fused-ring (bicyclic) bond motifs is 1. The molecule has 3 rings (SSSR count).